The standard InChI is InChI=1S/C14H19ClN2O4/c1-3-21-13(18)9-17(6-7-20-2)14(19)10-4-5-11(15)12(16)8-10/h4-5,8H,3,6-7,9,16H2,1-2H3. The maximum absolute atomic E-state index is 12.4. The average Bonchev–Trinajstić information content (AvgIpc) is 2.46. The summed E-state index contributed by atoms with van der Waals surface area (Å²) in [6, 6.07) is 4.59. The lowest BCUT2D eigenvalue weighted by atomic mass is 10.1. The number of nitrogens with two attached hydrogens (primary N) is 1. The fourth-order valence-corrected chi connectivity index (χ4v) is 1.79. The molecule has 21 heavy (non-hydrogen) atoms. The number of hydrogen-bond acceptors (Lipinski definition) is 5. The summed E-state index contributed by atoms with van der Waals surface area (Å²) in [4.78, 5) is 25.3. The van der Waals surface area contributed by atoms with Gasteiger partial charge in [0, 0.05) is 19.2 Å². The van der Waals surface area contributed by atoms with E-state index in [9.17, 15) is 9.59 Å². The molecule has 2 N–H and O–H groups in total. The molecule has 0 aliphatic carbocycles. The number of benzene rings is 1. The second-order valence-electron chi connectivity index (χ2n) is 4.26. The number of nitrogens with zero attached hydrogens (tertiary/aromatic N) is 1. The molecule has 0 saturated carbocycles. The van der Waals surface area contributed by atoms with Crippen LogP contribution in [-0.4, -0.2) is 50.2 Å². The van der Waals surface area contributed by atoms with Crippen molar-refractivity contribution in [1.29, 1.82) is 0 Å². The number of anilines is 1. The third kappa shape index (κ3) is 5.24. The molecule has 0 radical (unpaired) electrons. The second-order valence-corrected chi connectivity index (χ2v) is 4.67. The number of carbonyl (C=O) groups is 2. The Morgan fingerprint density at radius 2 is 2.10 bits per heavy atom. The van der Waals surface area contributed by atoms with Crippen LogP contribution in [0.5, 0.6) is 0 Å². The number of methoxy groups -OCH3 is 1. The number of ether oxygens (including phenoxy) is 2. The molecule has 0 atom stereocenters. The minimum atomic E-state index is -0.469. The lowest BCUT2D eigenvalue weighted by Gasteiger charge is -2.21. The summed E-state index contributed by atoms with van der Waals surface area (Å²) in [5.74, 6) is -0.799. The number of halogens is 1. The van der Waals surface area contributed by atoms with Crippen LogP contribution >= 0.6 is 11.6 Å². The van der Waals surface area contributed by atoms with Crippen LogP contribution in [0.4, 0.5) is 5.69 Å². The summed E-state index contributed by atoms with van der Waals surface area (Å²) >= 11 is 5.83. The molecule has 0 spiro atoms. The van der Waals surface area contributed by atoms with Crippen LogP contribution in [0.15, 0.2) is 18.2 Å². The molecule has 0 heterocycles. The number of carbonyl (C=O) groups excluding carboxylic acids is 2. The van der Waals surface area contributed by atoms with Crippen LogP contribution in [0.1, 0.15) is 17.3 Å². The van der Waals surface area contributed by atoms with E-state index in [0.717, 1.165) is 0 Å². The normalized spacial score (nSPS) is 10.2. The smallest absolute Gasteiger partial charge is 0.325 e. The molecule has 0 aliphatic rings. The predicted octanol–water partition coefficient (Wildman–Crippen LogP) is 1.57. The lowest BCUT2D eigenvalue weighted by molar-refractivity contribution is -0.143. The molecule has 1 amide bonds. The maximum Gasteiger partial charge on any atom is 0.325 e. The summed E-state index contributed by atoms with van der Waals surface area (Å²) < 4.78 is 9.81. The van der Waals surface area contributed by atoms with E-state index in [1.165, 1.54) is 18.1 Å². The van der Waals surface area contributed by atoms with E-state index in [4.69, 9.17) is 26.8 Å². The van der Waals surface area contributed by atoms with Crippen LogP contribution in [0.2, 0.25) is 5.02 Å². The van der Waals surface area contributed by atoms with Crippen molar-refractivity contribution in [3.63, 3.8) is 0 Å². The van der Waals surface area contributed by atoms with Crippen LogP contribution in [0.25, 0.3) is 0 Å². The third-order valence-electron chi connectivity index (χ3n) is 2.72. The Morgan fingerprint density at radius 1 is 1.38 bits per heavy atom. The molecule has 116 valence electrons. The molecule has 0 aliphatic heterocycles. The van der Waals surface area contributed by atoms with Gasteiger partial charge in [-0.25, -0.2) is 0 Å². The highest BCUT2D eigenvalue weighted by atomic mass is 35.5. The topological polar surface area (TPSA) is 81.9 Å². The molecule has 0 fully saturated rings. The predicted molar refractivity (Wildman–Crippen MR) is 80.3 cm³/mol. The Balaban J connectivity index is 2.87. The van der Waals surface area contributed by atoms with Gasteiger partial charge in [0.05, 0.1) is 23.9 Å². The molecule has 7 heteroatoms. The van der Waals surface area contributed by atoms with Crippen molar-refractivity contribution in [2.45, 2.75) is 6.92 Å². The highest BCUT2D eigenvalue weighted by Gasteiger charge is 2.19. The molecular formula is C14H19ClN2O4. The number of rotatable bonds is 7. The molecule has 1 aromatic carbocycles. The summed E-state index contributed by atoms with van der Waals surface area (Å²) in [7, 11) is 1.52. The monoisotopic (exact) mass is 314 g/mol. The van der Waals surface area contributed by atoms with Gasteiger partial charge in [0.1, 0.15) is 6.54 Å². The largest absolute Gasteiger partial charge is 0.465 e. The van der Waals surface area contributed by atoms with E-state index in [0.29, 0.717) is 22.9 Å². The second kappa shape index (κ2) is 8.49. The number of hydrogen-bond donors (Lipinski definition) is 1. The third-order valence-corrected chi connectivity index (χ3v) is 3.06. The average molecular weight is 315 g/mol. The Labute approximate surface area is 128 Å². The Morgan fingerprint density at radius 3 is 2.67 bits per heavy atom. The van der Waals surface area contributed by atoms with Gasteiger partial charge in [-0.15, -0.1) is 0 Å². The molecule has 1 rings (SSSR count). The van der Waals surface area contributed by atoms with Crippen LogP contribution in [0.3, 0.4) is 0 Å². The van der Waals surface area contributed by atoms with Gasteiger partial charge in [-0.05, 0) is 25.1 Å². The van der Waals surface area contributed by atoms with Crippen molar-refractivity contribution in [2.75, 3.05) is 39.1 Å². The number of amides is 1. The van der Waals surface area contributed by atoms with Crippen molar-refractivity contribution in [3.8, 4) is 0 Å². The fraction of sp³-hybridized carbons (Fsp3) is 0.429. The van der Waals surface area contributed by atoms with E-state index < -0.39 is 5.97 Å². The highest BCUT2D eigenvalue weighted by Crippen LogP contribution is 2.20. The SMILES string of the molecule is CCOC(=O)CN(CCOC)C(=O)c1ccc(Cl)c(N)c1. The quantitative estimate of drug-likeness (QED) is 0.610. The summed E-state index contributed by atoms with van der Waals surface area (Å²) in [6.07, 6.45) is 0. The van der Waals surface area contributed by atoms with E-state index in [1.54, 1.807) is 19.1 Å². The van der Waals surface area contributed by atoms with E-state index in [1.807, 2.05) is 0 Å². The zero-order valence-corrected chi connectivity index (χ0v) is 12.9. The molecular weight excluding hydrogens is 296 g/mol. The molecule has 0 aromatic heterocycles. The summed E-state index contributed by atoms with van der Waals surface area (Å²) in [5.41, 5.74) is 6.36. The first-order valence-corrected chi connectivity index (χ1v) is 6.86. The molecule has 1 aromatic rings. The lowest BCUT2D eigenvalue weighted by Crippen LogP contribution is -2.38. The van der Waals surface area contributed by atoms with Gasteiger partial charge >= 0.3 is 5.97 Å². The molecule has 0 bridgehead atoms. The van der Waals surface area contributed by atoms with Crippen LogP contribution in [0, 0.1) is 0 Å². The van der Waals surface area contributed by atoms with E-state index >= 15 is 0 Å². The van der Waals surface area contributed by atoms with Crippen molar-refractivity contribution in [1.82, 2.24) is 4.90 Å². The fourth-order valence-electron chi connectivity index (χ4n) is 1.68. The minimum absolute atomic E-state index is 0.140. The van der Waals surface area contributed by atoms with E-state index in [2.05, 4.69) is 0 Å². The number of esters is 1. The van der Waals surface area contributed by atoms with Crippen molar-refractivity contribution >= 4 is 29.2 Å². The first-order valence-electron chi connectivity index (χ1n) is 6.48. The molecule has 6 nitrogen and oxygen atoms in total. The maximum atomic E-state index is 12.4. The highest BCUT2D eigenvalue weighted by molar-refractivity contribution is 6.33. The Bertz CT molecular complexity index is 508. The molecule has 0 unspecified atom stereocenters. The van der Waals surface area contributed by atoms with Crippen molar-refractivity contribution in [2.24, 2.45) is 0 Å². The summed E-state index contributed by atoms with van der Waals surface area (Å²) in [5, 5.41) is 0.375. The van der Waals surface area contributed by atoms with Gasteiger partial charge in [-0.3, -0.25) is 9.59 Å². The van der Waals surface area contributed by atoms with Gasteiger partial charge in [-0.2, -0.15) is 0 Å². The van der Waals surface area contributed by atoms with Gasteiger partial charge in [0.2, 0.25) is 0 Å². The minimum Gasteiger partial charge on any atom is -0.465 e. The van der Waals surface area contributed by atoms with Gasteiger partial charge < -0.3 is 20.1 Å². The Hall–Kier alpha value is -1.79. The van der Waals surface area contributed by atoms with Crippen molar-refractivity contribution in [3.05, 3.63) is 28.8 Å². The van der Waals surface area contributed by atoms with Crippen LogP contribution in [-0.2, 0) is 14.3 Å². The number of nitrogen functional groups attached to an aromatic ring is 1. The van der Waals surface area contributed by atoms with Gasteiger partial charge in [-0.1, -0.05) is 11.6 Å². The zero-order chi connectivity index (χ0) is 15.8. The van der Waals surface area contributed by atoms with Crippen molar-refractivity contribution < 1.29 is 19.1 Å². The summed E-state index contributed by atoms with van der Waals surface area (Å²) in [6.45, 7) is 2.42. The van der Waals surface area contributed by atoms with E-state index in [-0.39, 0.29) is 25.6 Å². The van der Waals surface area contributed by atoms with Gasteiger partial charge in [0.15, 0.2) is 0 Å². The zero-order valence-electron chi connectivity index (χ0n) is 12.1. The van der Waals surface area contributed by atoms with Crippen LogP contribution < -0.4 is 5.73 Å². The first-order chi connectivity index (χ1) is 9.99. The Kier molecular flexibility index (Phi) is 6.98. The first kappa shape index (κ1) is 17.3. The van der Waals surface area contributed by atoms with Gasteiger partial charge in [0.25, 0.3) is 5.91 Å². The molecule has 0 saturated heterocycles.